The molecule has 0 aliphatic carbocycles. The number of benzene rings is 2. The predicted molar refractivity (Wildman–Crippen MR) is 132 cm³/mol. The van der Waals surface area contributed by atoms with Crippen molar-refractivity contribution in [3.8, 4) is 0 Å². The smallest absolute Gasteiger partial charge is 0.262 e. The zero-order chi connectivity index (χ0) is 23.4. The SMILES string of the molecule is CCN(Cc1ccccc1)C(=O)C(C)Sc1nc2cc(Cl)ccc2c(=O)n1Cc1ccco1. The number of amides is 1. The number of thioether (sulfide) groups is 1. The molecule has 8 heteroatoms. The third-order valence-electron chi connectivity index (χ3n) is 5.32. The lowest BCUT2D eigenvalue weighted by molar-refractivity contribution is -0.130. The van der Waals surface area contributed by atoms with Gasteiger partial charge in [-0.1, -0.05) is 53.7 Å². The van der Waals surface area contributed by atoms with Crippen LogP contribution >= 0.6 is 23.4 Å². The summed E-state index contributed by atoms with van der Waals surface area (Å²) in [5, 5.41) is 0.967. The summed E-state index contributed by atoms with van der Waals surface area (Å²) in [5.74, 6) is 0.614. The van der Waals surface area contributed by atoms with E-state index in [0.29, 0.717) is 39.9 Å². The number of halogens is 1. The first kappa shape index (κ1) is 23.1. The van der Waals surface area contributed by atoms with E-state index >= 15 is 0 Å². The average molecular weight is 482 g/mol. The van der Waals surface area contributed by atoms with Crippen LogP contribution in [0.3, 0.4) is 0 Å². The maximum atomic E-state index is 13.3. The largest absolute Gasteiger partial charge is 0.467 e. The molecule has 2 aromatic heterocycles. The lowest BCUT2D eigenvalue weighted by Crippen LogP contribution is -2.36. The van der Waals surface area contributed by atoms with Crippen LogP contribution in [0.4, 0.5) is 0 Å². The molecule has 0 spiro atoms. The molecule has 170 valence electrons. The van der Waals surface area contributed by atoms with Crippen molar-refractivity contribution in [2.75, 3.05) is 6.54 Å². The number of hydrogen-bond donors (Lipinski definition) is 0. The number of fused-ring (bicyclic) bond motifs is 1. The fourth-order valence-electron chi connectivity index (χ4n) is 3.58. The molecule has 1 amide bonds. The molecule has 0 aliphatic rings. The number of nitrogens with zero attached hydrogens (tertiary/aromatic N) is 3. The van der Waals surface area contributed by atoms with E-state index in [1.165, 1.54) is 11.8 Å². The standard InChI is InChI=1S/C25H24ClN3O3S/c1-3-28(15-18-8-5-4-6-9-18)23(30)17(2)33-25-27-22-14-19(26)11-12-21(22)24(31)29(25)16-20-10-7-13-32-20/h4-14,17H,3,15-16H2,1-2H3. The van der Waals surface area contributed by atoms with Crippen LogP contribution in [-0.4, -0.2) is 32.2 Å². The third kappa shape index (κ3) is 5.31. The van der Waals surface area contributed by atoms with Crippen LogP contribution in [0.1, 0.15) is 25.2 Å². The maximum Gasteiger partial charge on any atom is 0.262 e. The molecular weight excluding hydrogens is 458 g/mol. The average Bonchev–Trinajstić information content (AvgIpc) is 3.33. The second-order valence-corrected chi connectivity index (χ2v) is 9.37. The fraction of sp³-hybridized carbons (Fsp3) is 0.240. The molecule has 1 atom stereocenters. The van der Waals surface area contributed by atoms with Gasteiger partial charge >= 0.3 is 0 Å². The molecule has 2 aromatic carbocycles. The van der Waals surface area contributed by atoms with Crippen molar-refractivity contribution < 1.29 is 9.21 Å². The van der Waals surface area contributed by atoms with Gasteiger partial charge in [0.2, 0.25) is 5.91 Å². The summed E-state index contributed by atoms with van der Waals surface area (Å²) in [6, 6.07) is 18.5. The first-order chi connectivity index (χ1) is 16.0. The predicted octanol–water partition coefficient (Wildman–Crippen LogP) is 5.22. The molecule has 2 heterocycles. The molecule has 0 N–H and O–H groups in total. The Hall–Kier alpha value is -3.03. The molecule has 1 unspecified atom stereocenters. The topological polar surface area (TPSA) is 68.3 Å². The van der Waals surface area contributed by atoms with Crippen molar-refractivity contribution in [2.24, 2.45) is 0 Å². The molecule has 0 radical (unpaired) electrons. The van der Waals surface area contributed by atoms with Gasteiger partial charge in [0.1, 0.15) is 5.76 Å². The lowest BCUT2D eigenvalue weighted by atomic mass is 10.2. The van der Waals surface area contributed by atoms with Crippen molar-refractivity contribution in [1.29, 1.82) is 0 Å². The Balaban J connectivity index is 1.65. The van der Waals surface area contributed by atoms with Gasteiger partial charge in [-0.25, -0.2) is 4.98 Å². The Bertz CT molecular complexity index is 1310. The first-order valence-electron chi connectivity index (χ1n) is 10.7. The van der Waals surface area contributed by atoms with Gasteiger partial charge < -0.3 is 9.32 Å². The monoisotopic (exact) mass is 481 g/mol. The Morgan fingerprint density at radius 2 is 1.97 bits per heavy atom. The minimum absolute atomic E-state index is 0.0173. The molecule has 4 rings (SSSR count). The Labute approximate surface area is 201 Å². The summed E-state index contributed by atoms with van der Waals surface area (Å²) in [6.07, 6.45) is 1.57. The van der Waals surface area contributed by atoms with Crippen LogP contribution in [-0.2, 0) is 17.9 Å². The van der Waals surface area contributed by atoms with Gasteiger partial charge in [-0.3, -0.25) is 14.2 Å². The maximum absolute atomic E-state index is 13.3. The van der Waals surface area contributed by atoms with E-state index in [-0.39, 0.29) is 18.0 Å². The molecule has 33 heavy (non-hydrogen) atoms. The van der Waals surface area contributed by atoms with Crippen molar-refractivity contribution >= 4 is 40.2 Å². The van der Waals surface area contributed by atoms with Crippen LogP contribution < -0.4 is 5.56 Å². The van der Waals surface area contributed by atoms with Gasteiger partial charge in [0.05, 0.1) is 29.0 Å². The van der Waals surface area contributed by atoms with Crippen LogP contribution in [0.2, 0.25) is 5.02 Å². The minimum Gasteiger partial charge on any atom is -0.467 e. The molecule has 0 saturated carbocycles. The number of carbonyl (C=O) groups excluding carboxylic acids is 1. The molecule has 0 saturated heterocycles. The van der Waals surface area contributed by atoms with E-state index < -0.39 is 5.25 Å². The fourth-order valence-corrected chi connectivity index (χ4v) is 4.73. The molecule has 0 aliphatic heterocycles. The van der Waals surface area contributed by atoms with E-state index in [2.05, 4.69) is 0 Å². The summed E-state index contributed by atoms with van der Waals surface area (Å²) in [7, 11) is 0. The summed E-state index contributed by atoms with van der Waals surface area (Å²) >= 11 is 7.41. The second-order valence-electron chi connectivity index (χ2n) is 7.62. The quantitative estimate of drug-likeness (QED) is 0.255. The van der Waals surface area contributed by atoms with Crippen LogP contribution in [0, 0.1) is 0 Å². The third-order valence-corrected chi connectivity index (χ3v) is 6.63. The molecule has 6 nitrogen and oxygen atoms in total. The number of hydrogen-bond acceptors (Lipinski definition) is 5. The van der Waals surface area contributed by atoms with Gasteiger partial charge in [0, 0.05) is 18.1 Å². The van der Waals surface area contributed by atoms with Crippen LogP contribution in [0.15, 0.2) is 81.3 Å². The molecule has 4 aromatic rings. The van der Waals surface area contributed by atoms with Gasteiger partial charge in [-0.15, -0.1) is 0 Å². The van der Waals surface area contributed by atoms with Gasteiger partial charge in [-0.05, 0) is 49.7 Å². The lowest BCUT2D eigenvalue weighted by Gasteiger charge is -2.24. The normalized spacial score (nSPS) is 12.1. The van der Waals surface area contributed by atoms with E-state index in [0.717, 1.165) is 5.56 Å². The molecule has 0 bridgehead atoms. The van der Waals surface area contributed by atoms with E-state index in [1.807, 2.05) is 44.2 Å². The molecule has 0 fully saturated rings. The summed E-state index contributed by atoms with van der Waals surface area (Å²) < 4.78 is 7.01. The highest BCUT2D eigenvalue weighted by atomic mass is 35.5. The second kappa shape index (κ2) is 10.3. The zero-order valence-corrected chi connectivity index (χ0v) is 20.0. The van der Waals surface area contributed by atoms with E-state index in [9.17, 15) is 9.59 Å². The van der Waals surface area contributed by atoms with Crippen molar-refractivity contribution in [3.63, 3.8) is 0 Å². The number of carbonyl (C=O) groups is 1. The van der Waals surface area contributed by atoms with Gasteiger partial charge in [0.25, 0.3) is 5.56 Å². The Morgan fingerprint density at radius 1 is 1.18 bits per heavy atom. The summed E-state index contributed by atoms with van der Waals surface area (Å²) in [5.41, 5.74) is 1.37. The Morgan fingerprint density at radius 3 is 2.67 bits per heavy atom. The number of aromatic nitrogens is 2. The highest BCUT2D eigenvalue weighted by Gasteiger charge is 2.24. The highest BCUT2D eigenvalue weighted by molar-refractivity contribution is 8.00. The number of furan rings is 1. The number of rotatable bonds is 8. The summed E-state index contributed by atoms with van der Waals surface area (Å²) in [4.78, 5) is 33.1. The van der Waals surface area contributed by atoms with Crippen molar-refractivity contribution in [1.82, 2.24) is 14.5 Å². The minimum atomic E-state index is -0.444. The van der Waals surface area contributed by atoms with E-state index in [1.54, 1.807) is 46.1 Å². The van der Waals surface area contributed by atoms with Crippen molar-refractivity contribution in [2.45, 2.75) is 37.3 Å². The highest BCUT2D eigenvalue weighted by Crippen LogP contribution is 2.26. The van der Waals surface area contributed by atoms with Crippen LogP contribution in [0.5, 0.6) is 0 Å². The van der Waals surface area contributed by atoms with Crippen LogP contribution in [0.25, 0.3) is 10.9 Å². The van der Waals surface area contributed by atoms with Gasteiger partial charge in [-0.2, -0.15) is 0 Å². The van der Waals surface area contributed by atoms with Crippen molar-refractivity contribution in [3.05, 3.63) is 93.6 Å². The zero-order valence-electron chi connectivity index (χ0n) is 18.4. The summed E-state index contributed by atoms with van der Waals surface area (Å²) in [6.45, 7) is 5.13. The first-order valence-corrected chi connectivity index (χ1v) is 11.9. The Kier molecular flexibility index (Phi) is 7.20. The van der Waals surface area contributed by atoms with E-state index in [4.69, 9.17) is 21.0 Å². The molecular formula is C25H24ClN3O3S. The van der Waals surface area contributed by atoms with Gasteiger partial charge in [0.15, 0.2) is 5.16 Å².